The molecule has 31 heavy (non-hydrogen) atoms. The zero-order valence-electron chi connectivity index (χ0n) is 18.8. The summed E-state index contributed by atoms with van der Waals surface area (Å²) in [6.45, 7) is 10.9. The van der Waals surface area contributed by atoms with Crippen LogP contribution in [0.1, 0.15) is 42.0 Å². The van der Waals surface area contributed by atoms with Gasteiger partial charge in [-0.2, -0.15) is 0 Å². The summed E-state index contributed by atoms with van der Waals surface area (Å²) in [7, 11) is 0. The summed E-state index contributed by atoms with van der Waals surface area (Å²) in [5, 5.41) is 2.31. The number of para-hydroxylation sites is 1. The molecule has 0 N–H and O–H groups in total. The second-order valence-electron chi connectivity index (χ2n) is 8.80. The molecule has 0 aliphatic carbocycles. The third kappa shape index (κ3) is 3.14. The third-order valence-electron chi connectivity index (χ3n) is 6.33. The first kappa shape index (κ1) is 19.6. The van der Waals surface area contributed by atoms with E-state index in [9.17, 15) is 0 Å². The predicted octanol–water partition coefficient (Wildman–Crippen LogP) is 8.36. The Morgan fingerprint density at radius 3 is 2.29 bits per heavy atom. The molecule has 5 aromatic rings. The summed E-state index contributed by atoms with van der Waals surface area (Å²) in [6, 6.07) is 21.4. The van der Waals surface area contributed by atoms with E-state index >= 15 is 0 Å². The van der Waals surface area contributed by atoms with Crippen LogP contribution < -0.4 is 0 Å². The van der Waals surface area contributed by atoms with E-state index in [1.165, 1.54) is 38.8 Å². The smallest absolute Gasteiger partial charge is 0.144 e. The van der Waals surface area contributed by atoms with Gasteiger partial charge in [-0.1, -0.05) is 56.3 Å². The summed E-state index contributed by atoms with van der Waals surface area (Å²) in [5.74, 6) is 0.454. The van der Waals surface area contributed by atoms with Crippen molar-refractivity contribution in [2.75, 3.05) is 0 Å². The Morgan fingerprint density at radius 2 is 1.55 bits per heavy atom. The van der Waals surface area contributed by atoms with E-state index in [0.717, 1.165) is 27.8 Å². The van der Waals surface area contributed by atoms with Crippen LogP contribution in [0.5, 0.6) is 0 Å². The van der Waals surface area contributed by atoms with Gasteiger partial charge in [-0.3, -0.25) is 4.98 Å². The van der Waals surface area contributed by atoms with E-state index in [4.69, 9.17) is 9.40 Å². The quantitative estimate of drug-likeness (QED) is 0.301. The van der Waals surface area contributed by atoms with Crippen molar-refractivity contribution in [1.82, 2.24) is 4.98 Å². The molecule has 2 heterocycles. The van der Waals surface area contributed by atoms with Crippen LogP contribution in [-0.4, -0.2) is 4.98 Å². The lowest BCUT2D eigenvalue weighted by Gasteiger charge is -2.11. The van der Waals surface area contributed by atoms with Crippen molar-refractivity contribution in [3.63, 3.8) is 0 Å². The Bertz CT molecular complexity index is 1420. The number of aryl methyl sites for hydroxylation is 3. The van der Waals surface area contributed by atoms with Gasteiger partial charge in [-0.05, 0) is 72.7 Å². The van der Waals surface area contributed by atoms with Crippen molar-refractivity contribution in [1.29, 1.82) is 0 Å². The number of hydrogen-bond acceptors (Lipinski definition) is 2. The Kier molecular flexibility index (Phi) is 4.66. The standard InChI is InChI=1S/C29H27NO/c1-17(2)24-15-26(30-16-19(24)4)23-13-9-12-22-25-14-18(3)27(21-10-7-6-8-11-21)20(5)28(25)31-29(22)23/h6-17H,1-5H3. The number of pyridine rings is 1. The van der Waals surface area contributed by atoms with Gasteiger partial charge in [0.1, 0.15) is 11.2 Å². The number of benzene rings is 3. The van der Waals surface area contributed by atoms with Gasteiger partial charge < -0.3 is 4.42 Å². The molecular formula is C29H27NO. The molecular weight excluding hydrogens is 378 g/mol. The van der Waals surface area contributed by atoms with Crippen LogP contribution in [0.3, 0.4) is 0 Å². The maximum atomic E-state index is 6.58. The SMILES string of the molecule is Cc1cnc(-c2cccc3c2oc2c(C)c(-c4ccccc4)c(C)cc23)cc1C(C)C. The molecule has 0 saturated carbocycles. The van der Waals surface area contributed by atoms with Crippen molar-refractivity contribution >= 4 is 21.9 Å². The highest BCUT2D eigenvalue weighted by atomic mass is 16.3. The zero-order valence-corrected chi connectivity index (χ0v) is 18.8. The number of fused-ring (bicyclic) bond motifs is 3. The fourth-order valence-electron chi connectivity index (χ4n) is 4.82. The maximum absolute atomic E-state index is 6.58. The average molecular weight is 406 g/mol. The topological polar surface area (TPSA) is 26.0 Å². The molecule has 0 atom stereocenters. The van der Waals surface area contributed by atoms with E-state index in [1.54, 1.807) is 0 Å². The van der Waals surface area contributed by atoms with Crippen LogP contribution in [0.4, 0.5) is 0 Å². The van der Waals surface area contributed by atoms with E-state index in [0.29, 0.717) is 5.92 Å². The van der Waals surface area contributed by atoms with Crippen LogP contribution in [-0.2, 0) is 0 Å². The average Bonchev–Trinajstić information content (AvgIpc) is 3.14. The number of aromatic nitrogens is 1. The number of furan rings is 1. The third-order valence-corrected chi connectivity index (χ3v) is 6.33. The molecule has 0 radical (unpaired) electrons. The van der Waals surface area contributed by atoms with Gasteiger partial charge >= 0.3 is 0 Å². The van der Waals surface area contributed by atoms with Crippen LogP contribution in [0.15, 0.2) is 71.3 Å². The molecule has 0 amide bonds. The fourth-order valence-corrected chi connectivity index (χ4v) is 4.82. The fraction of sp³-hybridized carbons (Fsp3) is 0.207. The second-order valence-corrected chi connectivity index (χ2v) is 8.80. The van der Waals surface area contributed by atoms with Gasteiger partial charge in [0.2, 0.25) is 0 Å². The van der Waals surface area contributed by atoms with Gasteiger partial charge in [-0.25, -0.2) is 0 Å². The monoisotopic (exact) mass is 405 g/mol. The van der Waals surface area contributed by atoms with Crippen molar-refractivity contribution in [2.45, 2.75) is 40.5 Å². The highest BCUT2D eigenvalue weighted by molar-refractivity contribution is 6.11. The predicted molar refractivity (Wildman–Crippen MR) is 131 cm³/mol. The molecule has 0 spiro atoms. The number of nitrogens with zero attached hydrogens (tertiary/aromatic N) is 1. The van der Waals surface area contributed by atoms with Crippen molar-refractivity contribution in [3.8, 4) is 22.4 Å². The van der Waals surface area contributed by atoms with E-state index in [1.807, 2.05) is 6.20 Å². The van der Waals surface area contributed by atoms with Gasteiger partial charge in [0.15, 0.2) is 0 Å². The summed E-state index contributed by atoms with van der Waals surface area (Å²) >= 11 is 0. The minimum absolute atomic E-state index is 0.454. The van der Waals surface area contributed by atoms with Crippen LogP contribution >= 0.6 is 0 Å². The zero-order chi connectivity index (χ0) is 21.7. The highest BCUT2D eigenvalue weighted by Crippen LogP contribution is 2.41. The van der Waals surface area contributed by atoms with E-state index in [2.05, 4.69) is 95.3 Å². The Hall–Kier alpha value is -3.39. The first-order valence-electron chi connectivity index (χ1n) is 10.9. The maximum Gasteiger partial charge on any atom is 0.144 e. The minimum Gasteiger partial charge on any atom is -0.455 e. The molecule has 2 heteroatoms. The molecule has 2 nitrogen and oxygen atoms in total. The first-order valence-corrected chi connectivity index (χ1v) is 10.9. The van der Waals surface area contributed by atoms with Crippen LogP contribution in [0.2, 0.25) is 0 Å². The molecule has 0 saturated heterocycles. The summed E-state index contributed by atoms with van der Waals surface area (Å²) in [6.07, 6.45) is 1.98. The summed E-state index contributed by atoms with van der Waals surface area (Å²) < 4.78 is 6.58. The van der Waals surface area contributed by atoms with Crippen LogP contribution in [0.25, 0.3) is 44.3 Å². The lowest BCUT2D eigenvalue weighted by atomic mass is 9.93. The molecule has 2 aromatic heterocycles. The molecule has 5 rings (SSSR count). The lowest BCUT2D eigenvalue weighted by Crippen LogP contribution is -1.95. The largest absolute Gasteiger partial charge is 0.455 e. The summed E-state index contributed by atoms with van der Waals surface area (Å²) in [4.78, 5) is 4.76. The Labute approximate surface area is 183 Å². The molecule has 3 aromatic carbocycles. The molecule has 0 aliphatic heterocycles. The highest BCUT2D eigenvalue weighted by Gasteiger charge is 2.18. The summed E-state index contributed by atoms with van der Waals surface area (Å²) in [5.41, 5.74) is 11.4. The molecule has 0 fully saturated rings. The van der Waals surface area contributed by atoms with Crippen LogP contribution in [0, 0.1) is 20.8 Å². The van der Waals surface area contributed by atoms with Crippen molar-refractivity contribution < 1.29 is 4.42 Å². The number of rotatable bonds is 3. The number of hydrogen-bond donors (Lipinski definition) is 0. The van der Waals surface area contributed by atoms with Crippen molar-refractivity contribution in [3.05, 3.63) is 89.1 Å². The molecule has 154 valence electrons. The van der Waals surface area contributed by atoms with E-state index < -0.39 is 0 Å². The van der Waals surface area contributed by atoms with E-state index in [-0.39, 0.29) is 0 Å². The molecule has 0 aliphatic rings. The first-order chi connectivity index (χ1) is 15.0. The van der Waals surface area contributed by atoms with Gasteiger partial charge in [0, 0.05) is 28.1 Å². The van der Waals surface area contributed by atoms with Gasteiger partial charge in [0.05, 0.1) is 5.69 Å². The molecule has 0 bridgehead atoms. The second kappa shape index (κ2) is 7.39. The van der Waals surface area contributed by atoms with Gasteiger partial charge in [-0.15, -0.1) is 0 Å². The van der Waals surface area contributed by atoms with Gasteiger partial charge in [0.25, 0.3) is 0 Å². The van der Waals surface area contributed by atoms with Crippen molar-refractivity contribution in [2.24, 2.45) is 0 Å². The normalized spacial score (nSPS) is 11.7. The minimum atomic E-state index is 0.454. The Morgan fingerprint density at radius 1 is 0.774 bits per heavy atom. The lowest BCUT2D eigenvalue weighted by molar-refractivity contribution is 0.666. The molecule has 0 unspecified atom stereocenters. The Balaban J connectivity index is 1.79.